The van der Waals surface area contributed by atoms with Crippen LogP contribution in [0.4, 0.5) is 0 Å². The van der Waals surface area contributed by atoms with Crippen molar-refractivity contribution in [3.63, 3.8) is 0 Å². The topological polar surface area (TPSA) is 72.9 Å². The lowest BCUT2D eigenvalue weighted by molar-refractivity contribution is -0.176. The van der Waals surface area contributed by atoms with Crippen LogP contribution in [0.2, 0.25) is 0 Å². The number of carbonyl (C=O) groups is 3. The Labute approximate surface area is 226 Å². The fourth-order valence-corrected chi connectivity index (χ4v) is 7.39. The Morgan fingerprint density at radius 3 is 2.53 bits per heavy atom. The molecule has 0 spiro atoms. The largest absolute Gasteiger partial charge is 0.494 e. The number of hydrogen-bond acceptors (Lipinski definition) is 5. The first kappa shape index (κ1) is 26.9. The number of amides is 1. The molecule has 1 aromatic carbocycles. The molecule has 4 aliphatic carbocycles. The third-order valence-corrected chi connectivity index (χ3v) is 9.51. The van der Waals surface area contributed by atoms with Gasteiger partial charge in [-0.3, -0.25) is 19.2 Å². The summed E-state index contributed by atoms with van der Waals surface area (Å²) >= 11 is 0. The minimum absolute atomic E-state index is 0.101. The molecule has 0 radical (unpaired) electrons. The highest BCUT2D eigenvalue weighted by molar-refractivity contribution is 5.93. The van der Waals surface area contributed by atoms with E-state index in [0.717, 1.165) is 57.1 Å². The zero-order valence-corrected chi connectivity index (χ0v) is 23.1. The predicted molar refractivity (Wildman–Crippen MR) is 145 cm³/mol. The fraction of sp³-hybridized carbons (Fsp3) is 0.594. The molecular weight excluding hydrogens is 478 g/mol. The number of allylic oxidation sites excluding steroid dienone is 4. The molecule has 4 atom stereocenters. The first-order valence-electron chi connectivity index (χ1n) is 14.4. The zero-order valence-electron chi connectivity index (χ0n) is 23.1. The van der Waals surface area contributed by atoms with Gasteiger partial charge in [0.15, 0.2) is 5.78 Å². The number of nitrogens with zero attached hydrogens (tertiary/aromatic N) is 1. The minimum Gasteiger partial charge on any atom is -0.494 e. The van der Waals surface area contributed by atoms with Crippen LogP contribution in [0.15, 0.2) is 47.1 Å². The van der Waals surface area contributed by atoms with Gasteiger partial charge in [-0.25, -0.2) is 5.06 Å². The normalized spacial score (nSPS) is 28.4. The minimum atomic E-state index is -0.247. The number of hydroxylamine groups is 2. The van der Waals surface area contributed by atoms with Crippen LogP contribution in [0.5, 0.6) is 5.75 Å². The Kier molecular flexibility index (Phi) is 7.90. The van der Waals surface area contributed by atoms with E-state index in [-0.39, 0.29) is 23.0 Å². The van der Waals surface area contributed by atoms with Crippen molar-refractivity contribution in [1.82, 2.24) is 5.06 Å². The summed E-state index contributed by atoms with van der Waals surface area (Å²) in [6.45, 7) is 4.87. The quantitative estimate of drug-likeness (QED) is 0.291. The molecule has 204 valence electrons. The Bertz CT molecular complexity index is 1150. The van der Waals surface area contributed by atoms with Gasteiger partial charge >= 0.3 is 0 Å². The highest BCUT2D eigenvalue weighted by atomic mass is 16.7. The van der Waals surface area contributed by atoms with Crippen LogP contribution < -0.4 is 4.74 Å². The second-order valence-electron chi connectivity index (χ2n) is 11.8. The summed E-state index contributed by atoms with van der Waals surface area (Å²) in [6, 6.07) is 8.50. The standard InChI is InChI=1S/C32H41NO5/c1-21(34)33(3)38-18-6-4-5-17-37-25-11-7-22(8-12-25)28-20-32(2)29(15-16-30(32)36)27-13-9-23-19-24(35)10-14-26(23)31(27)28/h7-8,11-12,19,27-29H,4-6,9-10,13-18,20H2,1-3H3/t27-,28+,29-,32-/m0/s1. The van der Waals surface area contributed by atoms with Gasteiger partial charge in [0.1, 0.15) is 11.5 Å². The molecule has 0 heterocycles. The van der Waals surface area contributed by atoms with Crippen LogP contribution in [0.25, 0.3) is 0 Å². The number of fused-ring (bicyclic) bond motifs is 4. The first-order chi connectivity index (χ1) is 18.3. The number of carbonyl (C=O) groups excluding carboxylic acids is 3. The molecular formula is C32H41NO5. The van der Waals surface area contributed by atoms with Gasteiger partial charge in [-0.15, -0.1) is 0 Å². The van der Waals surface area contributed by atoms with Crippen molar-refractivity contribution >= 4 is 17.5 Å². The molecule has 0 unspecified atom stereocenters. The maximum atomic E-state index is 13.1. The van der Waals surface area contributed by atoms with Gasteiger partial charge in [-0.05, 0) is 98.1 Å². The molecule has 4 aliphatic rings. The molecule has 0 N–H and O–H groups in total. The number of hydrogen-bond donors (Lipinski definition) is 0. The molecule has 6 heteroatoms. The highest BCUT2D eigenvalue weighted by Gasteiger charge is 2.56. The van der Waals surface area contributed by atoms with Crippen molar-refractivity contribution in [2.45, 2.75) is 84.0 Å². The second-order valence-corrected chi connectivity index (χ2v) is 11.8. The van der Waals surface area contributed by atoms with Gasteiger partial charge in [-0.1, -0.05) is 24.6 Å². The lowest BCUT2D eigenvalue weighted by Crippen LogP contribution is -2.43. The molecule has 0 bridgehead atoms. The molecule has 2 saturated carbocycles. The van der Waals surface area contributed by atoms with Gasteiger partial charge in [0.05, 0.1) is 13.2 Å². The third-order valence-electron chi connectivity index (χ3n) is 9.51. The van der Waals surface area contributed by atoms with E-state index in [2.05, 4.69) is 31.2 Å². The third kappa shape index (κ3) is 5.25. The van der Waals surface area contributed by atoms with Gasteiger partial charge < -0.3 is 4.74 Å². The van der Waals surface area contributed by atoms with E-state index in [1.807, 2.05) is 6.08 Å². The average molecular weight is 520 g/mol. The fourth-order valence-electron chi connectivity index (χ4n) is 7.39. The number of benzene rings is 1. The number of ether oxygens (including phenoxy) is 1. The smallest absolute Gasteiger partial charge is 0.242 e. The average Bonchev–Trinajstić information content (AvgIpc) is 3.21. The number of ketones is 2. The van der Waals surface area contributed by atoms with E-state index < -0.39 is 0 Å². The Balaban J connectivity index is 1.26. The summed E-state index contributed by atoms with van der Waals surface area (Å²) in [5.41, 5.74) is 5.21. The number of rotatable bonds is 9. The van der Waals surface area contributed by atoms with Crippen molar-refractivity contribution in [2.75, 3.05) is 20.3 Å². The van der Waals surface area contributed by atoms with Crippen LogP contribution in [0.1, 0.15) is 89.5 Å². The lowest BCUT2D eigenvalue weighted by Gasteiger charge is -2.50. The summed E-state index contributed by atoms with van der Waals surface area (Å²) in [7, 11) is 1.63. The van der Waals surface area contributed by atoms with Crippen LogP contribution in [-0.2, 0) is 19.2 Å². The van der Waals surface area contributed by atoms with E-state index in [9.17, 15) is 14.4 Å². The second kappa shape index (κ2) is 11.2. The molecule has 1 aromatic rings. The molecule has 6 nitrogen and oxygen atoms in total. The van der Waals surface area contributed by atoms with Gasteiger partial charge in [0.25, 0.3) is 0 Å². The zero-order chi connectivity index (χ0) is 26.9. The summed E-state index contributed by atoms with van der Waals surface area (Å²) in [6.07, 6.45) is 10.7. The van der Waals surface area contributed by atoms with Crippen molar-refractivity contribution in [3.05, 3.63) is 52.6 Å². The van der Waals surface area contributed by atoms with E-state index in [1.165, 1.54) is 34.3 Å². The SMILES string of the molecule is CC(=O)N(C)OCCCCCOc1ccc([C@H]2C[C@]3(C)C(=O)CC[C@H]3[C@@H]3CCC4=CC(=O)CCC4=C32)cc1. The van der Waals surface area contributed by atoms with Gasteiger partial charge in [-0.2, -0.15) is 0 Å². The molecule has 0 aromatic heterocycles. The van der Waals surface area contributed by atoms with E-state index in [4.69, 9.17) is 9.57 Å². The van der Waals surface area contributed by atoms with E-state index in [0.29, 0.717) is 43.7 Å². The molecule has 38 heavy (non-hydrogen) atoms. The highest BCUT2D eigenvalue weighted by Crippen LogP contribution is 2.62. The number of Topliss-reactive ketones (excluding diaryl/α,β-unsaturated/α-hetero) is 1. The first-order valence-corrected chi connectivity index (χ1v) is 14.4. The lowest BCUT2D eigenvalue weighted by atomic mass is 9.53. The Hall–Kier alpha value is -2.73. The summed E-state index contributed by atoms with van der Waals surface area (Å²) in [5.74, 6) is 2.56. The van der Waals surface area contributed by atoms with Crippen molar-refractivity contribution in [3.8, 4) is 5.75 Å². The van der Waals surface area contributed by atoms with Crippen LogP contribution >= 0.6 is 0 Å². The number of unbranched alkanes of at least 4 members (excludes halogenated alkanes) is 2. The van der Waals surface area contributed by atoms with Crippen LogP contribution in [0, 0.1) is 17.3 Å². The van der Waals surface area contributed by atoms with Crippen molar-refractivity contribution < 1.29 is 24.0 Å². The summed E-state index contributed by atoms with van der Waals surface area (Å²) in [4.78, 5) is 41.8. The molecule has 1 amide bonds. The maximum Gasteiger partial charge on any atom is 0.242 e. The Morgan fingerprint density at radius 2 is 1.76 bits per heavy atom. The van der Waals surface area contributed by atoms with Crippen LogP contribution in [-0.4, -0.2) is 42.8 Å². The molecule has 2 fully saturated rings. The van der Waals surface area contributed by atoms with E-state index in [1.54, 1.807) is 7.05 Å². The molecule has 5 rings (SSSR count). The van der Waals surface area contributed by atoms with Crippen molar-refractivity contribution in [2.24, 2.45) is 17.3 Å². The van der Waals surface area contributed by atoms with Crippen LogP contribution in [0.3, 0.4) is 0 Å². The van der Waals surface area contributed by atoms with Crippen molar-refractivity contribution in [1.29, 1.82) is 0 Å². The Morgan fingerprint density at radius 1 is 1.00 bits per heavy atom. The maximum absolute atomic E-state index is 13.1. The monoisotopic (exact) mass is 519 g/mol. The van der Waals surface area contributed by atoms with E-state index >= 15 is 0 Å². The summed E-state index contributed by atoms with van der Waals surface area (Å²) in [5, 5.41) is 1.27. The molecule has 0 saturated heterocycles. The molecule has 0 aliphatic heterocycles. The predicted octanol–water partition coefficient (Wildman–Crippen LogP) is 6.11. The van der Waals surface area contributed by atoms with Gasteiger partial charge in [0, 0.05) is 38.1 Å². The summed E-state index contributed by atoms with van der Waals surface area (Å²) < 4.78 is 6.01. The van der Waals surface area contributed by atoms with Gasteiger partial charge in [0.2, 0.25) is 5.91 Å².